The smallest absolute Gasteiger partial charge is 0.193 e. The summed E-state index contributed by atoms with van der Waals surface area (Å²) in [5, 5.41) is 4.31. The molecule has 0 radical (unpaired) electrons. The van der Waals surface area contributed by atoms with Crippen LogP contribution in [0.4, 0.5) is 0 Å². The highest BCUT2D eigenvalue weighted by molar-refractivity contribution is 14.0. The second kappa shape index (κ2) is 12.5. The van der Waals surface area contributed by atoms with Gasteiger partial charge in [0.1, 0.15) is 5.75 Å². The lowest BCUT2D eigenvalue weighted by atomic mass is 10.0. The molecule has 172 valence electrons. The molecule has 0 bridgehead atoms. The molecule has 0 spiro atoms. The average Bonchev–Trinajstić information content (AvgIpc) is 3.08. The number of rotatable bonds is 7. The molecule has 1 aliphatic heterocycles. The fourth-order valence-corrected chi connectivity index (χ4v) is 4.06. The Kier molecular flexibility index (Phi) is 10.4. The minimum atomic E-state index is 0. The van der Waals surface area contributed by atoms with E-state index >= 15 is 0 Å². The molecular weight excluding hydrogens is 529 g/mol. The first-order valence-corrected chi connectivity index (χ1v) is 10.6. The van der Waals surface area contributed by atoms with Gasteiger partial charge >= 0.3 is 0 Å². The van der Waals surface area contributed by atoms with Crippen LogP contribution in [0.3, 0.4) is 0 Å². The van der Waals surface area contributed by atoms with Gasteiger partial charge in [0, 0.05) is 52.7 Å². The lowest BCUT2D eigenvalue weighted by Crippen LogP contribution is -2.46. The number of morpholine rings is 1. The Morgan fingerprint density at radius 2 is 1.97 bits per heavy atom. The topological polar surface area (TPSA) is 54.3 Å². The van der Waals surface area contributed by atoms with Gasteiger partial charge in [-0.25, -0.2) is 0 Å². The van der Waals surface area contributed by atoms with Crippen molar-refractivity contribution in [3.05, 3.63) is 52.8 Å². The van der Waals surface area contributed by atoms with Crippen molar-refractivity contribution < 1.29 is 9.47 Å². The number of guanidine groups is 1. The number of nitrogens with zero attached hydrogens (tertiary/aromatic N) is 4. The summed E-state index contributed by atoms with van der Waals surface area (Å²) in [4.78, 5) is 9.05. The molecule has 2 heterocycles. The predicted molar refractivity (Wildman–Crippen MR) is 137 cm³/mol. The van der Waals surface area contributed by atoms with Gasteiger partial charge in [0.15, 0.2) is 5.96 Å². The van der Waals surface area contributed by atoms with Crippen LogP contribution in [0.2, 0.25) is 5.02 Å². The Hall–Kier alpha value is -1.49. The highest BCUT2D eigenvalue weighted by atomic mass is 127. The minimum absolute atomic E-state index is 0. The molecule has 0 aliphatic carbocycles. The van der Waals surface area contributed by atoms with E-state index in [2.05, 4.69) is 32.2 Å². The number of aliphatic imine (C=N–C) groups is 1. The van der Waals surface area contributed by atoms with Crippen molar-refractivity contribution in [3.63, 3.8) is 0 Å². The highest BCUT2D eigenvalue weighted by Gasteiger charge is 2.23. The van der Waals surface area contributed by atoms with Gasteiger partial charge in [-0.05, 0) is 23.8 Å². The van der Waals surface area contributed by atoms with Gasteiger partial charge in [-0.3, -0.25) is 9.89 Å². The van der Waals surface area contributed by atoms with E-state index in [9.17, 15) is 0 Å². The van der Waals surface area contributed by atoms with Crippen LogP contribution in [0.1, 0.15) is 17.3 Å². The molecule has 1 aromatic heterocycles. The third-order valence-corrected chi connectivity index (χ3v) is 5.69. The number of nitrogens with one attached hydrogen (secondary N) is 1. The number of aryl methyl sites for hydroxylation is 1. The summed E-state index contributed by atoms with van der Waals surface area (Å²) in [5.41, 5.74) is 2.38. The molecule has 2 aromatic rings. The molecule has 1 unspecified atom stereocenters. The van der Waals surface area contributed by atoms with Crippen LogP contribution in [-0.4, -0.2) is 74.4 Å². The molecular formula is C22H33ClIN5O2. The Balaban J connectivity index is 0.00000341. The summed E-state index contributed by atoms with van der Waals surface area (Å²) < 4.78 is 12.9. The van der Waals surface area contributed by atoms with E-state index in [-0.39, 0.29) is 30.0 Å². The SMILES string of the molecule is CN=C(NCC(c1ccc(OC)cc1)N1CCOCC1)N(C)Cc1cc(Cl)cn1C.I. The van der Waals surface area contributed by atoms with Gasteiger partial charge in [0.05, 0.1) is 37.9 Å². The predicted octanol–water partition coefficient (Wildman–Crippen LogP) is 3.39. The zero-order chi connectivity index (χ0) is 21.5. The van der Waals surface area contributed by atoms with Gasteiger partial charge in [0.2, 0.25) is 0 Å². The third kappa shape index (κ3) is 7.00. The number of methoxy groups -OCH3 is 1. The maximum Gasteiger partial charge on any atom is 0.193 e. The Labute approximate surface area is 207 Å². The number of halogens is 2. The van der Waals surface area contributed by atoms with Crippen molar-refractivity contribution in [2.45, 2.75) is 12.6 Å². The second-order valence-electron chi connectivity index (χ2n) is 7.48. The molecule has 9 heteroatoms. The van der Waals surface area contributed by atoms with E-state index in [0.29, 0.717) is 6.54 Å². The fourth-order valence-electron chi connectivity index (χ4n) is 3.79. The second-order valence-corrected chi connectivity index (χ2v) is 7.92. The summed E-state index contributed by atoms with van der Waals surface area (Å²) in [6, 6.07) is 10.5. The standard InChI is InChI=1S/C22H32ClN5O2.HI/c1-24-22(27(3)16-19-13-18(23)15-26(19)2)25-14-21(28-9-11-30-12-10-28)17-5-7-20(29-4)8-6-17;/h5-8,13,15,21H,9-12,14,16H2,1-4H3,(H,24,25);1H. The lowest BCUT2D eigenvalue weighted by Gasteiger charge is -2.35. The summed E-state index contributed by atoms with van der Waals surface area (Å²) in [7, 11) is 7.54. The van der Waals surface area contributed by atoms with Crippen LogP contribution in [-0.2, 0) is 18.3 Å². The van der Waals surface area contributed by atoms with Crippen LogP contribution in [0.5, 0.6) is 5.75 Å². The van der Waals surface area contributed by atoms with Crippen LogP contribution >= 0.6 is 35.6 Å². The highest BCUT2D eigenvalue weighted by Crippen LogP contribution is 2.24. The Morgan fingerprint density at radius 3 is 2.52 bits per heavy atom. The van der Waals surface area contributed by atoms with Gasteiger partial charge in [-0.15, -0.1) is 24.0 Å². The van der Waals surface area contributed by atoms with Crippen molar-refractivity contribution in [2.24, 2.45) is 12.0 Å². The monoisotopic (exact) mass is 561 g/mol. The fraction of sp³-hybridized carbons (Fsp3) is 0.500. The number of hydrogen-bond acceptors (Lipinski definition) is 4. The normalized spacial score (nSPS) is 15.8. The summed E-state index contributed by atoms with van der Waals surface area (Å²) in [6.45, 7) is 4.80. The molecule has 3 rings (SSSR count). The summed E-state index contributed by atoms with van der Waals surface area (Å²) >= 11 is 6.13. The number of benzene rings is 1. The van der Waals surface area contributed by atoms with E-state index in [0.717, 1.165) is 55.3 Å². The van der Waals surface area contributed by atoms with Gasteiger partial charge in [0.25, 0.3) is 0 Å². The zero-order valence-corrected chi connectivity index (χ0v) is 21.8. The molecule has 1 N–H and O–H groups in total. The molecule has 7 nitrogen and oxygen atoms in total. The van der Waals surface area contributed by atoms with Crippen LogP contribution in [0.15, 0.2) is 41.5 Å². The van der Waals surface area contributed by atoms with E-state index < -0.39 is 0 Å². The van der Waals surface area contributed by atoms with E-state index in [1.165, 1.54) is 5.56 Å². The van der Waals surface area contributed by atoms with Gasteiger partial charge in [-0.1, -0.05) is 23.7 Å². The van der Waals surface area contributed by atoms with Gasteiger partial charge < -0.3 is 24.3 Å². The minimum Gasteiger partial charge on any atom is -0.497 e. The van der Waals surface area contributed by atoms with Gasteiger partial charge in [-0.2, -0.15) is 0 Å². The van der Waals surface area contributed by atoms with E-state index in [1.807, 2.05) is 50.1 Å². The first-order chi connectivity index (χ1) is 14.5. The van der Waals surface area contributed by atoms with Crippen molar-refractivity contribution in [3.8, 4) is 5.75 Å². The van der Waals surface area contributed by atoms with Crippen LogP contribution in [0.25, 0.3) is 0 Å². The number of aromatic nitrogens is 1. The number of ether oxygens (including phenoxy) is 2. The molecule has 0 saturated carbocycles. The first-order valence-electron chi connectivity index (χ1n) is 10.2. The first kappa shape index (κ1) is 25.8. The largest absolute Gasteiger partial charge is 0.497 e. The Morgan fingerprint density at radius 1 is 1.29 bits per heavy atom. The molecule has 1 saturated heterocycles. The number of hydrogen-bond donors (Lipinski definition) is 1. The molecule has 0 amide bonds. The average molecular weight is 562 g/mol. The summed E-state index contributed by atoms with van der Waals surface area (Å²) in [5.74, 6) is 1.71. The lowest BCUT2D eigenvalue weighted by molar-refractivity contribution is 0.0169. The third-order valence-electron chi connectivity index (χ3n) is 5.49. The van der Waals surface area contributed by atoms with E-state index in [4.69, 9.17) is 21.1 Å². The zero-order valence-electron chi connectivity index (χ0n) is 18.7. The van der Waals surface area contributed by atoms with Crippen LogP contribution < -0.4 is 10.1 Å². The molecule has 31 heavy (non-hydrogen) atoms. The van der Waals surface area contributed by atoms with Crippen molar-refractivity contribution in [1.82, 2.24) is 19.7 Å². The van der Waals surface area contributed by atoms with Crippen LogP contribution in [0, 0.1) is 0 Å². The quantitative estimate of drug-likeness (QED) is 0.319. The molecule has 1 aromatic carbocycles. The molecule has 1 atom stereocenters. The maximum atomic E-state index is 6.13. The summed E-state index contributed by atoms with van der Waals surface area (Å²) in [6.07, 6.45) is 1.92. The molecule has 1 aliphatic rings. The van der Waals surface area contributed by atoms with Crippen molar-refractivity contribution >= 4 is 41.5 Å². The molecule has 1 fully saturated rings. The Bertz CT molecular complexity index is 837. The maximum absolute atomic E-state index is 6.13. The van der Waals surface area contributed by atoms with Crippen molar-refractivity contribution in [2.75, 3.05) is 54.1 Å². The van der Waals surface area contributed by atoms with E-state index in [1.54, 1.807) is 7.11 Å². The van der Waals surface area contributed by atoms with Crippen molar-refractivity contribution in [1.29, 1.82) is 0 Å².